The van der Waals surface area contributed by atoms with E-state index < -0.39 is 30.0 Å². The van der Waals surface area contributed by atoms with Crippen LogP contribution in [0.2, 0.25) is 0 Å². The van der Waals surface area contributed by atoms with Crippen LogP contribution in [0.4, 0.5) is 4.39 Å². The molecule has 13 nitrogen and oxygen atoms in total. The maximum atomic E-state index is 13.3. The molecule has 0 spiro atoms. The Hall–Kier alpha value is -4.23. The Morgan fingerprint density at radius 1 is 0.818 bits per heavy atom. The molecule has 0 unspecified atom stereocenters. The molecule has 6 N–H and O–H groups in total. The summed E-state index contributed by atoms with van der Waals surface area (Å²) in [5.41, 5.74) is 2.48. The molecule has 1 aromatic heterocycles. The van der Waals surface area contributed by atoms with E-state index in [0.29, 0.717) is 44.2 Å². The van der Waals surface area contributed by atoms with Crippen molar-refractivity contribution in [2.75, 3.05) is 32.7 Å². The molecule has 6 rings (SSSR count). The van der Waals surface area contributed by atoms with Gasteiger partial charge in [0.05, 0.1) is 4.70 Å². The zero-order valence-electron chi connectivity index (χ0n) is 30.0. The van der Waals surface area contributed by atoms with Crippen LogP contribution in [0.15, 0.2) is 87.4 Å². The highest BCUT2D eigenvalue weighted by Gasteiger charge is 2.25. The lowest BCUT2D eigenvalue weighted by Gasteiger charge is -2.34. The molecule has 0 radical (unpaired) electrons. The summed E-state index contributed by atoms with van der Waals surface area (Å²) in [4.78, 5) is 28.6. The molecular formula is C38H45FN4O9S3. The van der Waals surface area contributed by atoms with Crippen LogP contribution in [0.3, 0.4) is 0 Å². The summed E-state index contributed by atoms with van der Waals surface area (Å²) in [6, 6.07) is 18.0. The molecule has 1 aliphatic carbocycles. The molecule has 0 aliphatic heterocycles. The van der Waals surface area contributed by atoms with E-state index >= 15 is 0 Å². The number of nitrogens with one attached hydrogen (secondary N) is 3. The van der Waals surface area contributed by atoms with Gasteiger partial charge in [-0.2, -0.15) is 16.8 Å². The van der Waals surface area contributed by atoms with Crippen LogP contribution in [0.5, 0.6) is 5.75 Å². The minimum atomic E-state index is -4.47. The van der Waals surface area contributed by atoms with E-state index in [2.05, 4.69) is 20.5 Å². The van der Waals surface area contributed by atoms with Gasteiger partial charge >= 0.3 is 4.87 Å². The first-order valence-corrected chi connectivity index (χ1v) is 21.7. The standard InChI is InChI=1S/C28H37FN4O3S.C10H8O6S2/c29-22-6-4-5-20(19-22)11-14-30-16-13-25(35)33(23-7-2-1-3-8-23)18-17-31-15-12-21-9-10-24(34)26-27(21)37-28(36)32-26;11-17(12,13)9-5-1-3-7-8(9)4-2-6-10(7)18(14,15)16/h4-6,9-10,19,23,30-31,34H,1-3,7-8,11-18H2,(H,32,36);1-6H,(H,11,12,13)(H,14,15,16). The zero-order valence-corrected chi connectivity index (χ0v) is 32.5. The third-order valence-electron chi connectivity index (χ3n) is 9.47. The number of benzene rings is 4. The number of carbonyl (C=O) groups is 1. The molecule has 17 heteroatoms. The van der Waals surface area contributed by atoms with Gasteiger partial charge in [-0.1, -0.05) is 73.1 Å². The Morgan fingerprint density at radius 2 is 1.44 bits per heavy atom. The second-order valence-corrected chi connectivity index (χ2v) is 17.0. The van der Waals surface area contributed by atoms with Crippen molar-refractivity contribution in [1.29, 1.82) is 0 Å². The van der Waals surface area contributed by atoms with Crippen molar-refractivity contribution in [2.24, 2.45) is 0 Å². The van der Waals surface area contributed by atoms with Crippen molar-refractivity contribution in [3.05, 3.63) is 99.4 Å². The molecule has 5 aromatic rings. The zero-order chi connectivity index (χ0) is 39.6. The van der Waals surface area contributed by atoms with Crippen LogP contribution in [0, 0.1) is 5.82 Å². The van der Waals surface area contributed by atoms with E-state index in [4.69, 9.17) is 9.11 Å². The monoisotopic (exact) mass is 816 g/mol. The van der Waals surface area contributed by atoms with E-state index in [9.17, 15) is 35.9 Å². The van der Waals surface area contributed by atoms with Crippen LogP contribution < -0.4 is 15.5 Å². The Kier molecular flexibility index (Phi) is 14.5. The van der Waals surface area contributed by atoms with Gasteiger partial charge < -0.3 is 25.6 Å². The summed E-state index contributed by atoms with van der Waals surface area (Å²) >= 11 is 1.12. The number of aromatic nitrogens is 1. The molecule has 0 atom stereocenters. The quantitative estimate of drug-likeness (QED) is 0.0592. The largest absolute Gasteiger partial charge is 0.506 e. The number of carbonyl (C=O) groups excluding carboxylic acids is 1. The van der Waals surface area contributed by atoms with E-state index in [-0.39, 0.29) is 33.1 Å². The molecule has 1 saturated carbocycles. The summed E-state index contributed by atoms with van der Waals surface area (Å²) in [5, 5.41) is 16.8. The number of H-pyrrole nitrogens is 1. The molecule has 1 amide bonds. The van der Waals surface area contributed by atoms with Gasteiger partial charge in [0.15, 0.2) is 0 Å². The first-order valence-electron chi connectivity index (χ1n) is 18.0. The van der Waals surface area contributed by atoms with Crippen molar-refractivity contribution < 1.29 is 40.2 Å². The summed E-state index contributed by atoms with van der Waals surface area (Å²) in [6.07, 6.45) is 7.64. The Balaban J connectivity index is 0.000000269. The highest BCUT2D eigenvalue weighted by molar-refractivity contribution is 7.86. The molecule has 4 aromatic carbocycles. The molecule has 1 heterocycles. The van der Waals surface area contributed by atoms with Crippen LogP contribution >= 0.6 is 11.3 Å². The molecule has 296 valence electrons. The second kappa shape index (κ2) is 19.1. The number of rotatable bonds is 15. The Labute approximate surface area is 323 Å². The van der Waals surface area contributed by atoms with Gasteiger partial charge in [0, 0.05) is 42.9 Å². The number of fused-ring (bicyclic) bond motifs is 2. The number of phenolic OH excluding ortho intramolecular Hbond substituents is 1. The first kappa shape index (κ1) is 41.9. The lowest BCUT2D eigenvalue weighted by atomic mass is 9.94. The molecule has 1 fully saturated rings. The Bertz CT molecular complexity index is 2310. The highest BCUT2D eigenvalue weighted by atomic mass is 32.2. The first-order chi connectivity index (χ1) is 26.2. The number of nitrogens with zero attached hydrogens (tertiary/aromatic N) is 1. The van der Waals surface area contributed by atoms with E-state index in [1.54, 1.807) is 18.2 Å². The predicted octanol–water partition coefficient (Wildman–Crippen LogP) is 5.28. The van der Waals surface area contributed by atoms with Gasteiger partial charge in [0.25, 0.3) is 20.2 Å². The fraction of sp³-hybridized carbons (Fsp3) is 0.368. The highest BCUT2D eigenvalue weighted by Crippen LogP contribution is 2.29. The average Bonchev–Trinajstić information content (AvgIpc) is 3.55. The number of hydrogen-bond donors (Lipinski definition) is 6. The van der Waals surface area contributed by atoms with Crippen molar-refractivity contribution in [2.45, 2.75) is 67.2 Å². The molecule has 0 saturated heterocycles. The maximum Gasteiger partial charge on any atom is 0.305 e. The maximum absolute atomic E-state index is 13.3. The van der Waals surface area contributed by atoms with Crippen molar-refractivity contribution >= 4 is 58.5 Å². The number of thiazole rings is 1. The minimum Gasteiger partial charge on any atom is -0.506 e. The van der Waals surface area contributed by atoms with Gasteiger partial charge in [-0.05, 0) is 80.2 Å². The van der Waals surface area contributed by atoms with E-state index in [1.807, 2.05) is 12.1 Å². The third kappa shape index (κ3) is 11.6. The van der Waals surface area contributed by atoms with Crippen LogP contribution in [0.25, 0.3) is 21.0 Å². The summed E-state index contributed by atoms with van der Waals surface area (Å²) in [6.45, 7) is 3.43. The van der Waals surface area contributed by atoms with Crippen molar-refractivity contribution in [3.8, 4) is 5.75 Å². The smallest absolute Gasteiger partial charge is 0.305 e. The number of aromatic amines is 1. The third-order valence-corrected chi connectivity index (χ3v) is 12.2. The van der Waals surface area contributed by atoms with Crippen LogP contribution in [0.1, 0.15) is 49.7 Å². The van der Waals surface area contributed by atoms with Gasteiger partial charge in [-0.25, -0.2) is 4.39 Å². The van der Waals surface area contributed by atoms with E-state index in [1.165, 1.54) is 49.6 Å². The van der Waals surface area contributed by atoms with Crippen LogP contribution in [-0.2, 0) is 37.9 Å². The van der Waals surface area contributed by atoms with Gasteiger partial charge in [-0.3, -0.25) is 18.7 Å². The molecule has 55 heavy (non-hydrogen) atoms. The topological polar surface area (TPSA) is 206 Å². The molecular weight excluding hydrogens is 772 g/mol. The number of phenols is 1. The van der Waals surface area contributed by atoms with Crippen molar-refractivity contribution in [3.63, 3.8) is 0 Å². The lowest BCUT2D eigenvalue weighted by Crippen LogP contribution is -2.45. The molecule has 1 aliphatic rings. The lowest BCUT2D eigenvalue weighted by molar-refractivity contribution is -0.134. The number of amides is 1. The fourth-order valence-electron chi connectivity index (χ4n) is 6.81. The van der Waals surface area contributed by atoms with Gasteiger partial charge in [0.1, 0.15) is 26.9 Å². The summed E-state index contributed by atoms with van der Waals surface area (Å²) < 4.78 is 76.8. The average molecular weight is 817 g/mol. The fourth-order valence-corrected chi connectivity index (χ4v) is 9.12. The van der Waals surface area contributed by atoms with Crippen molar-refractivity contribution in [1.82, 2.24) is 20.5 Å². The van der Waals surface area contributed by atoms with Gasteiger partial charge in [0.2, 0.25) is 5.91 Å². The second-order valence-electron chi connectivity index (χ2n) is 13.3. The molecule has 0 bridgehead atoms. The number of aromatic hydroxyl groups is 1. The minimum absolute atomic E-state index is 0.0233. The van der Waals surface area contributed by atoms with E-state index in [0.717, 1.165) is 71.5 Å². The summed E-state index contributed by atoms with van der Waals surface area (Å²) in [5.74, 6) is 0.0572. The SMILES string of the molecule is O=C(CCNCCc1cccc(F)c1)N(CCNCCc1ccc(O)c2[nH]c(=O)sc12)C1CCCCC1.O=S(=O)(O)c1cccc2c(S(=O)(=O)O)cccc12. The normalized spacial score (nSPS) is 13.8. The predicted molar refractivity (Wildman–Crippen MR) is 210 cm³/mol. The Morgan fingerprint density at radius 3 is 2.07 bits per heavy atom. The van der Waals surface area contributed by atoms with Crippen LogP contribution in [-0.4, -0.2) is 85.6 Å². The number of hydrogen-bond acceptors (Lipinski definition) is 10. The van der Waals surface area contributed by atoms with Gasteiger partial charge in [-0.15, -0.1) is 0 Å². The number of halogens is 1. The summed E-state index contributed by atoms with van der Waals surface area (Å²) in [7, 11) is -8.94.